The van der Waals surface area contributed by atoms with E-state index in [-0.39, 0.29) is 0 Å². The fourth-order valence-electron chi connectivity index (χ4n) is 2.42. The standard InChI is InChI=1S/C18H19ClN4O2/c1-11-7-13(24-3)9-14(8-11)25-17-6-4-5-16(19)15(17)10-20-18-21-12(2)22-23-18/h4-9H,10H2,1-3H3,(H2,20,21,22,23). The summed E-state index contributed by atoms with van der Waals surface area (Å²) in [6.45, 7) is 4.28. The van der Waals surface area contributed by atoms with Crippen LogP contribution in [0.5, 0.6) is 17.2 Å². The second-order valence-electron chi connectivity index (χ2n) is 5.62. The highest BCUT2D eigenvalue weighted by atomic mass is 35.5. The van der Waals surface area contributed by atoms with Crippen molar-refractivity contribution in [3.63, 3.8) is 0 Å². The molecule has 3 rings (SSSR count). The number of aromatic amines is 1. The quantitative estimate of drug-likeness (QED) is 0.679. The van der Waals surface area contributed by atoms with Gasteiger partial charge in [-0.15, -0.1) is 10.2 Å². The molecule has 0 spiro atoms. The van der Waals surface area contributed by atoms with E-state index in [0.717, 1.165) is 22.7 Å². The highest BCUT2D eigenvalue weighted by molar-refractivity contribution is 6.31. The van der Waals surface area contributed by atoms with Gasteiger partial charge in [0.1, 0.15) is 23.1 Å². The van der Waals surface area contributed by atoms with Crippen LogP contribution < -0.4 is 14.8 Å². The van der Waals surface area contributed by atoms with E-state index in [1.54, 1.807) is 7.11 Å². The first-order chi connectivity index (χ1) is 12.0. The van der Waals surface area contributed by atoms with Crippen molar-refractivity contribution in [3.8, 4) is 17.2 Å². The van der Waals surface area contributed by atoms with Crippen molar-refractivity contribution in [2.75, 3.05) is 12.4 Å². The van der Waals surface area contributed by atoms with E-state index in [0.29, 0.717) is 29.0 Å². The molecule has 1 heterocycles. The number of methoxy groups -OCH3 is 1. The van der Waals surface area contributed by atoms with Crippen LogP contribution in [0, 0.1) is 13.8 Å². The third kappa shape index (κ3) is 4.22. The van der Waals surface area contributed by atoms with Crippen LogP contribution in [0.2, 0.25) is 5.02 Å². The zero-order valence-electron chi connectivity index (χ0n) is 14.3. The summed E-state index contributed by atoms with van der Waals surface area (Å²) in [6, 6.07) is 11.3. The SMILES string of the molecule is COc1cc(C)cc(Oc2cccc(Cl)c2CNc2nnc(C)[nH]2)c1. The molecule has 0 saturated carbocycles. The molecule has 3 aromatic rings. The van der Waals surface area contributed by atoms with Crippen molar-refractivity contribution in [2.45, 2.75) is 20.4 Å². The number of aryl methyl sites for hydroxylation is 2. The van der Waals surface area contributed by atoms with Crippen LogP contribution in [0.4, 0.5) is 5.95 Å². The molecule has 0 bridgehead atoms. The zero-order chi connectivity index (χ0) is 17.8. The molecule has 25 heavy (non-hydrogen) atoms. The summed E-state index contributed by atoms with van der Waals surface area (Å²) in [4.78, 5) is 3.02. The molecule has 1 aromatic heterocycles. The Morgan fingerprint density at radius 1 is 1.12 bits per heavy atom. The van der Waals surface area contributed by atoms with Crippen LogP contribution in [0.3, 0.4) is 0 Å². The maximum atomic E-state index is 6.37. The second-order valence-corrected chi connectivity index (χ2v) is 6.02. The van der Waals surface area contributed by atoms with Crippen LogP contribution >= 0.6 is 11.6 Å². The molecular weight excluding hydrogens is 340 g/mol. The molecule has 2 aromatic carbocycles. The Labute approximate surface area is 151 Å². The number of halogens is 1. The summed E-state index contributed by atoms with van der Waals surface area (Å²) in [5.74, 6) is 3.43. The van der Waals surface area contributed by atoms with Gasteiger partial charge < -0.3 is 19.8 Å². The van der Waals surface area contributed by atoms with Gasteiger partial charge in [-0.2, -0.15) is 0 Å². The summed E-state index contributed by atoms with van der Waals surface area (Å²) in [5.41, 5.74) is 1.88. The minimum Gasteiger partial charge on any atom is -0.497 e. The van der Waals surface area contributed by atoms with Gasteiger partial charge >= 0.3 is 0 Å². The van der Waals surface area contributed by atoms with Crippen molar-refractivity contribution in [1.82, 2.24) is 15.2 Å². The molecule has 7 heteroatoms. The van der Waals surface area contributed by atoms with Crippen LogP contribution in [0.15, 0.2) is 36.4 Å². The summed E-state index contributed by atoms with van der Waals surface area (Å²) in [6.07, 6.45) is 0. The molecular formula is C18H19ClN4O2. The van der Waals surface area contributed by atoms with Crippen molar-refractivity contribution in [2.24, 2.45) is 0 Å². The monoisotopic (exact) mass is 358 g/mol. The smallest absolute Gasteiger partial charge is 0.222 e. The lowest BCUT2D eigenvalue weighted by molar-refractivity contribution is 0.408. The van der Waals surface area contributed by atoms with E-state index in [2.05, 4.69) is 20.5 Å². The predicted molar refractivity (Wildman–Crippen MR) is 97.7 cm³/mol. The second kappa shape index (κ2) is 7.44. The topological polar surface area (TPSA) is 72.1 Å². The Morgan fingerprint density at radius 3 is 2.64 bits per heavy atom. The van der Waals surface area contributed by atoms with Crippen molar-refractivity contribution in [1.29, 1.82) is 0 Å². The molecule has 0 unspecified atom stereocenters. The fraction of sp³-hybridized carbons (Fsp3) is 0.222. The fourth-order valence-corrected chi connectivity index (χ4v) is 2.65. The first-order valence-electron chi connectivity index (χ1n) is 7.79. The first-order valence-corrected chi connectivity index (χ1v) is 8.17. The lowest BCUT2D eigenvalue weighted by atomic mass is 10.2. The number of hydrogen-bond acceptors (Lipinski definition) is 5. The Kier molecular flexibility index (Phi) is 5.09. The Hall–Kier alpha value is -2.73. The summed E-state index contributed by atoms with van der Waals surface area (Å²) >= 11 is 6.37. The van der Waals surface area contributed by atoms with Crippen molar-refractivity contribution >= 4 is 17.5 Å². The molecule has 0 fully saturated rings. The number of hydrogen-bond donors (Lipinski definition) is 2. The first kappa shape index (κ1) is 17.1. The Bertz CT molecular complexity index is 879. The molecule has 130 valence electrons. The lowest BCUT2D eigenvalue weighted by Crippen LogP contribution is -2.04. The van der Waals surface area contributed by atoms with E-state index < -0.39 is 0 Å². The number of nitrogens with zero attached hydrogens (tertiary/aromatic N) is 2. The molecule has 6 nitrogen and oxygen atoms in total. The minimum absolute atomic E-state index is 0.451. The van der Waals surface area contributed by atoms with E-state index in [4.69, 9.17) is 21.1 Å². The molecule has 2 N–H and O–H groups in total. The van der Waals surface area contributed by atoms with Crippen molar-refractivity contribution in [3.05, 3.63) is 58.4 Å². The summed E-state index contributed by atoms with van der Waals surface area (Å²) in [5, 5.41) is 11.7. The number of nitrogens with one attached hydrogen (secondary N) is 2. The zero-order valence-corrected chi connectivity index (χ0v) is 15.0. The van der Waals surface area contributed by atoms with E-state index in [1.165, 1.54) is 0 Å². The molecule has 0 amide bonds. The molecule has 0 saturated heterocycles. The van der Waals surface area contributed by atoms with Crippen LogP contribution in [0.25, 0.3) is 0 Å². The normalized spacial score (nSPS) is 10.6. The van der Waals surface area contributed by atoms with Gasteiger partial charge in [0.05, 0.1) is 7.11 Å². The minimum atomic E-state index is 0.451. The van der Waals surface area contributed by atoms with Gasteiger partial charge in [-0.3, -0.25) is 0 Å². The Balaban J connectivity index is 1.84. The van der Waals surface area contributed by atoms with Gasteiger partial charge in [0.2, 0.25) is 5.95 Å². The highest BCUT2D eigenvalue weighted by Crippen LogP contribution is 2.33. The van der Waals surface area contributed by atoms with Gasteiger partial charge in [-0.05, 0) is 43.7 Å². The maximum Gasteiger partial charge on any atom is 0.222 e. The van der Waals surface area contributed by atoms with Gasteiger partial charge in [0.15, 0.2) is 0 Å². The number of aromatic nitrogens is 3. The molecule has 0 radical (unpaired) electrons. The number of rotatable bonds is 6. The van der Waals surface area contributed by atoms with E-state index >= 15 is 0 Å². The molecule has 0 aliphatic heterocycles. The number of H-pyrrole nitrogens is 1. The summed E-state index contributed by atoms with van der Waals surface area (Å²) < 4.78 is 11.4. The van der Waals surface area contributed by atoms with E-state index in [1.807, 2.05) is 50.2 Å². The number of anilines is 1. The van der Waals surface area contributed by atoms with Crippen LogP contribution in [-0.2, 0) is 6.54 Å². The maximum absolute atomic E-state index is 6.37. The highest BCUT2D eigenvalue weighted by Gasteiger charge is 2.11. The van der Waals surface area contributed by atoms with Gasteiger partial charge in [0, 0.05) is 23.2 Å². The number of benzene rings is 2. The Morgan fingerprint density at radius 2 is 1.92 bits per heavy atom. The van der Waals surface area contributed by atoms with E-state index in [9.17, 15) is 0 Å². The molecule has 0 atom stereocenters. The van der Waals surface area contributed by atoms with Gasteiger partial charge in [-0.1, -0.05) is 17.7 Å². The molecule has 0 aliphatic rings. The predicted octanol–water partition coefficient (Wildman–Crippen LogP) is 4.49. The largest absolute Gasteiger partial charge is 0.497 e. The average molecular weight is 359 g/mol. The third-order valence-corrected chi connectivity index (χ3v) is 3.95. The third-order valence-electron chi connectivity index (χ3n) is 3.60. The summed E-state index contributed by atoms with van der Waals surface area (Å²) in [7, 11) is 1.63. The average Bonchev–Trinajstić information content (AvgIpc) is 2.99. The van der Waals surface area contributed by atoms with Gasteiger partial charge in [-0.25, -0.2) is 0 Å². The lowest BCUT2D eigenvalue weighted by Gasteiger charge is -2.14. The van der Waals surface area contributed by atoms with Gasteiger partial charge in [0.25, 0.3) is 0 Å². The van der Waals surface area contributed by atoms with Crippen LogP contribution in [-0.4, -0.2) is 22.3 Å². The number of ether oxygens (including phenoxy) is 2. The van der Waals surface area contributed by atoms with Crippen LogP contribution in [0.1, 0.15) is 17.0 Å². The molecule has 0 aliphatic carbocycles. The van der Waals surface area contributed by atoms with Crippen molar-refractivity contribution < 1.29 is 9.47 Å².